The number of anilines is 3. The molecular formula is C42H27NO. The zero-order valence-electron chi connectivity index (χ0n) is 23.9. The minimum absolute atomic E-state index is 0.852. The highest BCUT2D eigenvalue weighted by Gasteiger charge is 2.20. The molecule has 2 nitrogen and oxygen atoms in total. The predicted molar refractivity (Wildman–Crippen MR) is 186 cm³/mol. The van der Waals surface area contributed by atoms with E-state index in [2.05, 4.69) is 157 Å². The number of furan rings is 1. The van der Waals surface area contributed by atoms with Gasteiger partial charge in [0, 0.05) is 22.3 Å². The molecule has 0 spiro atoms. The highest BCUT2D eigenvalue weighted by molar-refractivity contribution is 6.10. The molecule has 0 aliphatic heterocycles. The van der Waals surface area contributed by atoms with Crippen LogP contribution in [0.3, 0.4) is 0 Å². The molecule has 9 rings (SSSR count). The summed E-state index contributed by atoms with van der Waals surface area (Å²) < 4.78 is 6.43. The standard InChI is InChI=1S/C42H27NO/c1-4-12-35-28(9-1)17-19-30-25-33(21-23-37(30)35)43(34-22-24-38-31(26-34)20-18-29-10-2-5-13-36(29)38)40-15-7-6-14-39(40)42-27-32-11-3-8-16-41(32)44-42/h1-27H. The first-order chi connectivity index (χ1) is 21.8. The van der Waals surface area contributed by atoms with Gasteiger partial charge in [-0.2, -0.15) is 0 Å². The topological polar surface area (TPSA) is 16.4 Å². The van der Waals surface area contributed by atoms with E-state index in [4.69, 9.17) is 4.42 Å². The maximum atomic E-state index is 6.43. The molecule has 0 amide bonds. The van der Waals surface area contributed by atoms with Gasteiger partial charge in [-0.05, 0) is 91.6 Å². The van der Waals surface area contributed by atoms with Gasteiger partial charge in [-0.15, -0.1) is 0 Å². The first-order valence-electron chi connectivity index (χ1n) is 15.0. The fraction of sp³-hybridized carbons (Fsp3) is 0. The number of hydrogen-bond acceptors (Lipinski definition) is 2. The number of hydrogen-bond donors (Lipinski definition) is 0. The Morgan fingerprint density at radius 1 is 0.364 bits per heavy atom. The molecule has 0 aliphatic carbocycles. The molecule has 0 aliphatic rings. The fourth-order valence-corrected chi connectivity index (χ4v) is 6.70. The van der Waals surface area contributed by atoms with E-state index in [1.807, 2.05) is 12.1 Å². The van der Waals surface area contributed by atoms with Gasteiger partial charge >= 0.3 is 0 Å². The lowest BCUT2D eigenvalue weighted by Crippen LogP contribution is -2.11. The molecule has 1 heterocycles. The van der Waals surface area contributed by atoms with Crippen LogP contribution in [0.15, 0.2) is 168 Å². The van der Waals surface area contributed by atoms with Crippen LogP contribution < -0.4 is 4.90 Å². The monoisotopic (exact) mass is 561 g/mol. The minimum Gasteiger partial charge on any atom is -0.456 e. The molecule has 8 aromatic carbocycles. The Kier molecular flexibility index (Phi) is 5.54. The van der Waals surface area contributed by atoms with E-state index in [0.717, 1.165) is 39.4 Å². The molecule has 0 bridgehead atoms. The molecule has 0 fully saturated rings. The molecular weight excluding hydrogens is 534 g/mol. The molecule has 0 unspecified atom stereocenters. The number of fused-ring (bicyclic) bond motifs is 7. The van der Waals surface area contributed by atoms with Gasteiger partial charge in [0.2, 0.25) is 0 Å². The van der Waals surface area contributed by atoms with Crippen LogP contribution in [-0.4, -0.2) is 0 Å². The predicted octanol–water partition coefficient (Wildman–Crippen LogP) is 12.2. The molecule has 0 saturated heterocycles. The van der Waals surface area contributed by atoms with Crippen LogP contribution in [0.5, 0.6) is 0 Å². The summed E-state index contributed by atoms with van der Waals surface area (Å²) in [6, 6.07) is 58.6. The Morgan fingerprint density at radius 3 is 1.50 bits per heavy atom. The SMILES string of the molecule is c1ccc(N(c2ccc3c(ccc4ccccc43)c2)c2ccc3c(ccc4ccccc43)c2)c(-c2cc3ccccc3o2)c1. The zero-order chi connectivity index (χ0) is 29.0. The van der Waals surface area contributed by atoms with Crippen molar-refractivity contribution >= 4 is 71.1 Å². The summed E-state index contributed by atoms with van der Waals surface area (Å²) in [5.74, 6) is 0.852. The highest BCUT2D eigenvalue weighted by atomic mass is 16.3. The number of para-hydroxylation sites is 2. The van der Waals surface area contributed by atoms with Crippen molar-refractivity contribution in [2.75, 3.05) is 4.90 Å². The van der Waals surface area contributed by atoms with Gasteiger partial charge in [0.25, 0.3) is 0 Å². The largest absolute Gasteiger partial charge is 0.456 e. The van der Waals surface area contributed by atoms with E-state index in [1.54, 1.807) is 0 Å². The summed E-state index contributed by atoms with van der Waals surface area (Å²) in [6.07, 6.45) is 0. The van der Waals surface area contributed by atoms with E-state index >= 15 is 0 Å². The van der Waals surface area contributed by atoms with Crippen LogP contribution in [0.25, 0.3) is 65.4 Å². The van der Waals surface area contributed by atoms with Crippen molar-refractivity contribution in [1.82, 2.24) is 0 Å². The van der Waals surface area contributed by atoms with Crippen LogP contribution in [0.4, 0.5) is 17.1 Å². The summed E-state index contributed by atoms with van der Waals surface area (Å²) >= 11 is 0. The first kappa shape index (κ1) is 24.7. The molecule has 44 heavy (non-hydrogen) atoms. The fourth-order valence-electron chi connectivity index (χ4n) is 6.70. The third-order valence-electron chi connectivity index (χ3n) is 8.81. The highest BCUT2D eigenvalue weighted by Crippen LogP contribution is 2.44. The smallest absolute Gasteiger partial charge is 0.137 e. The first-order valence-corrected chi connectivity index (χ1v) is 15.0. The third kappa shape index (κ3) is 3.96. The van der Waals surface area contributed by atoms with Crippen molar-refractivity contribution in [1.29, 1.82) is 0 Å². The Hall–Kier alpha value is -5.86. The third-order valence-corrected chi connectivity index (χ3v) is 8.81. The zero-order valence-corrected chi connectivity index (χ0v) is 23.9. The van der Waals surface area contributed by atoms with Gasteiger partial charge in [-0.25, -0.2) is 0 Å². The molecule has 2 heteroatoms. The van der Waals surface area contributed by atoms with E-state index in [9.17, 15) is 0 Å². The van der Waals surface area contributed by atoms with E-state index in [1.165, 1.54) is 43.1 Å². The lowest BCUT2D eigenvalue weighted by molar-refractivity contribution is 0.631. The van der Waals surface area contributed by atoms with Gasteiger partial charge in [0.05, 0.1) is 5.69 Å². The summed E-state index contributed by atoms with van der Waals surface area (Å²) in [5.41, 5.74) is 5.18. The van der Waals surface area contributed by atoms with Crippen molar-refractivity contribution in [3.63, 3.8) is 0 Å². The lowest BCUT2D eigenvalue weighted by atomic mass is 9.99. The maximum Gasteiger partial charge on any atom is 0.137 e. The van der Waals surface area contributed by atoms with Crippen molar-refractivity contribution in [3.05, 3.63) is 164 Å². The normalized spacial score (nSPS) is 11.6. The Morgan fingerprint density at radius 2 is 0.864 bits per heavy atom. The quantitative estimate of drug-likeness (QED) is 0.199. The number of rotatable bonds is 4. The molecule has 0 atom stereocenters. The van der Waals surface area contributed by atoms with E-state index < -0.39 is 0 Å². The van der Waals surface area contributed by atoms with Crippen molar-refractivity contribution in [2.24, 2.45) is 0 Å². The van der Waals surface area contributed by atoms with Gasteiger partial charge in [-0.1, -0.05) is 115 Å². The van der Waals surface area contributed by atoms with Crippen LogP contribution >= 0.6 is 0 Å². The lowest BCUT2D eigenvalue weighted by Gasteiger charge is -2.28. The van der Waals surface area contributed by atoms with Crippen LogP contribution in [0.2, 0.25) is 0 Å². The van der Waals surface area contributed by atoms with Gasteiger partial charge < -0.3 is 9.32 Å². The molecule has 9 aromatic rings. The second-order valence-corrected chi connectivity index (χ2v) is 11.4. The van der Waals surface area contributed by atoms with E-state index in [0.29, 0.717) is 0 Å². The van der Waals surface area contributed by atoms with Gasteiger partial charge in [-0.3, -0.25) is 0 Å². The summed E-state index contributed by atoms with van der Waals surface area (Å²) in [5, 5.41) is 11.1. The average molecular weight is 562 g/mol. The molecule has 0 N–H and O–H groups in total. The van der Waals surface area contributed by atoms with Gasteiger partial charge in [0.1, 0.15) is 11.3 Å². The van der Waals surface area contributed by atoms with Gasteiger partial charge in [0.15, 0.2) is 0 Å². The molecule has 1 aromatic heterocycles. The second kappa shape index (κ2) is 9.86. The summed E-state index contributed by atoms with van der Waals surface area (Å²) in [6.45, 7) is 0. The minimum atomic E-state index is 0.852. The average Bonchev–Trinajstić information content (AvgIpc) is 3.53. The van der Waals surface area contributed by atoms with E-state index in [-0.39, 0.29) is 0 Å². The maximum absolute atomic E-state index is 6.43. The Bertz CT molecular complexity index is 2370. The van der Waals surface area contributed by atoms with Crippen molar-refractivity contribution in [2.45, 2.75) is 0 Å². The summed E-state index contributed by atoms with van der Waals surface area (Å²) in [7, 11) is 0. The second-order valence-electron chi connectivity index (χ2n) is 11.4. The Balaban J connectivity index is 1.29. The number of benzene rings is 8. The van der Waals surface area contributed by atoms with Crippen molar-refractivity contribution in [3.8, 4) is 11.3 Å². The van der Waals surface area contributed by atoms with Crippen molar-refractivity contribution < 1.29 is 4.42 Å². The van der Waals surface area contributed by atoms with Crippen LogP contribution in [0, 0.1) is 0 Å². The molecule has 0 saturated carbocycles. The Labute approximate surface area is 255 Å². The molecule has 0 radical (unpaired) electrons. The summed E-state index contributed by atoms with van der Waals surface area (Å²) in [4.78, 5) is 2.37. The van der Waals surface area contributed by atoms with Crippen LogP contribution in [0.1, 0.15) is 0 Å². The molecule has 206 valence electrons. The van der Waals surface area contributed by atoms with Crippen LogP contribution in [-0.2, 0) is 0 Å². The number of nitrogens with zero attached hydrogens (tertiary/aromatic N) is 1.